The van der Waals surface area contributed by atoms with Gasteiger partial charge in [-0.05, 0) is 12.8 Å². The van der Waals surface area contributed by atoms with Gasteiger partial charge in [0.2, 0.25) is 0 Å². The van der Waals surface area contributed by atoms with Gasteiger partial charge >= 0.3 is 5.97 Å². The van der Waals surface area contributed by atoms with Crippen molar-refractivity contribution in [1.82, 2.24) is 4.90 Å². The van der Waals surface area contributed by atoms with Crippen LogP contribution in [0.5, 0.6) is 0 Å². The third-order valence-electron chi connectivity index (χ3n) is 2.23. The lowest BCUT2D eigenvalue weighted by molar-refractivity contribution is -0.138. The first kappa shape index (κ1) is 10.8. The molecule has 1 atom stereocenters. The molecule has 0 saturated carbocycles. The van der Waals surface area contributed by atoms with E-state index in [9.17, 15) is 4.79 Å². The topological polar surface area (TPSA) is 105 Å². The van der Waals surface area contributed by atoms with Crippen molar-refractivity contribution in [3.05, 3.63) is 0 Å². The molecule has 0 radical (unpaired) electrons. The standard InChI is InChI=1S/C8H16N4O2/c9-6(7(13)14)2-1-4-12-5-3-11-8(12)10/h6H,1-5,9H2,(H2,10,11)(H,13,14)/t6-/m0/s1. The molecule has 0 unspecified atom stereocenters. The normalized spacial score (nSPS) is 18.1. The van der Waals surface area contributed by atoms with E-state index in [1.165, 1.54) is 0 Å². The van der Waals surface area contributed by atoms with Crippen LogP contribution in [-0.2, 0) is 4.79 Å². The lowest BCUT2D eigenvalue weighted by Crippen LogP contribution is -2.36. The first-order valence-electron chi connectivity index (χ1n) is 4.64. The Kier molecular flexibility index (Phi) is 3.70. The van der Waals surface area contributed by atoms with Gasteiger partial charge in [-0.25, -0.2) is 0 Å². The van der Waals surface area contributed by atoms with Gasteiger partial charge in [0, 0.05) is 13.1 Å². The molecule has 0 amide bonds. The lowest BCUT2D eigenvalue weighted by Gasteiger charge is -2.17. The number of nitrogens with two attached hydrogens (primary N) is 2. The van der Waals surface area contributed by atoms with Crippen molar-refractivity contribution in [1.29, 1.82) is 0 Å². The van der Waals surface area contributed by atoms with Gasteiger partial charge in [0.1, 0.15) is 6.04 Å². The highest BCUT2D eigenvalue weighted by atomic mass is 16.4. The molecule has 0 spiro atoms. The fourth-order valence-electron chi connectivity index (χ4n) is 1.35. The zero-order valence-corrected chi connectivity index (χ0v) is 8.02. The van der Waals surface area contributed by atoms with Crippen LogP contribution in [-0.4, -0.2) is 47.6 Å². The zero-order valence-electron chi connectivity index (χ0n) is 8.02. The molecular weight excluding hydrogens is 184 g/mol. The van der Waals surface area contributed by atoms with Crippen LogP contribution in [0, 0.1) is 0 Å². The summed E-state index contributed by atoms with van der Waals surface area (Å²) in [5.74, 6) is -0.401. The molecule has 0 aromatic rings. The summed E-state index contributed by atoms with van der Waals surface area (Å²) in [7, 11) is 0. The minimum Gasteiger partial charge on any atom is -0.480 e. The molecular formula is C8H16N4O2. The molecule has 80 valence electrons. The second-order valence-corrected chi connectivity index (χ2v) is 3.31. The Morgan fingerprint density at radius 3 is 2.93 bits per heavy atom. The number of guanidine groups is 1. The average molecular weight is 200 g/mol. The summed E-state index contributed by atoms with van der Waals surface area (Å²) in [6.07, 6.45) is 1.20. The highest BCUT2D eigenvalue weighted by Gasteiger charge is 2.15. The number of aliphatic carboxylic acids is 1. The van der Waals surface area contributed by atoms with Crippen LogP contribution < -0.4 is 11.5 Å². The highest BCUT2D eigenvalue weighted by molar-refractivity contribution is 5.79. The largest absolute Gasteiger partial charge is 0.480 e. The Labute approximate surface area is 82.6 Å². The molecule has 0 aromatic heterocycles. The van der Waals surface area contributed by atoms with E-state index in [1.807, 2.05) is 4.90 Å². The quantitative estimate of drug-likeness (QED) is 0.517. The Hall–Kier alpha value is -1.30. The van der Waals surface area contributed by atoms with Gasteiger partial charge < -0.3 is 21.5 Å². The van der Waals surface area contributed by atoms with Crippen molar-refractivity contribution >= 4 is 11.9 Å². The zero-order chi connectivity index (χ0) is 10.6. The van der Waals surface area contributed by atoms with E-state index < -0.39 is 12.0 Å². The van der Waals surface area contributed by atoms with E-state index in [2.05, 4.69) is 4.99 Å². The fraction of sp³-hybridized carbons (Fsp3) is 0.750. The molecule has 0 fully saturated rings. The summed E-state index contributed by atoms with van der Waals surface area (Å²) in [6.45, 7) is 2.29. The van der Waals surface area contributed by atoms with Gasteiger partial charge in [0.15, 0.2) is 5.96 Å². The van der Waals surface area contributed by atoms with E-state index in [4.69, 9.17) is 16.6 Å². The molecule has 0 aliphatic carbocycles. The molecule has 1 aliphatic heterocycles. The SMILES string of the molecule is NC1=NCCN1CCC[C@H](N)C(=O)O. The van der Waals surface area contributed by atoms with Gasteiger partial charge in [-0.1, -0.05) is 0 Å². The molecule has 1 heterocycles. The molecule has 1 aliphatic rings. The summed E-state index contributed by atoms with van der Waals surface area (Å²) >= 11 is 0. The van der Waals surface area contributed by atoms with Crippen LogP contribution in [0.25, 0.3) is 0 Å². The van der Waals surface area contributed by atoms with Crippen LogP contribution in [0.1, 0.15) is 12.8 Å². The third-order valence-corrected chi connectivity index (χ3v) is 2.23. The van der Waals surface area contributed by atoms with Crippen LogP contribution in [0.15, 0.2) is 4.99 Å². The minimum atomic E-state index is -0.951. The van der Waals surface area contributed by atoms with Crippen molar-refractivity contribution in [3.63, 3.8) is 0 Å². The summed E-state index contributed by atoms with van der Waals surface area (Å²) in [6, 6.07) is -0.768. The van der Waals surface area contributed by atoms with Crippen LogP contribution in [0.3, 0.4) is 0 Å². The predicted molar refractivity (Wildman–Crippen MR) is 52.9 cm³/mol. The summed E-state index contributed by atoms with van der Waals surface area (Å²) < 4.78 is 0. The Morgan fingerprint density at radius 2 is 2.43 bits per heavy atom. The molecule has 14 heavy (non-hydrogen) atoms. The number of nitrogens with zero attached hydrogens (tertiary/aromatic N) is 2. The smallest absolute Gasteiger partial charge is 0.320 e. The highest BCUT2D eigenvalue weighted by Crippen LogP contribution is 2.02. The predicted octanol–water partition coefficient (Wildman–Crippen LogP) is -1.19. The first-order valence-corrected chi connectivity index (χ1v) is 4.64. The van der Waals surface area contributed by atoms with Crippen LogP contribution in [0.4, 0.5) is 0 Å². The van der Waals surface area contributed by atoms with Gasteiger partial charge in [0.25, 0.3) is 0 Å². The van der Waals surface area contributed by atoms with Crippen molar-refractivity contribution in [2.24, 2.45) is 16.5 Å². The second-order valence-electron chi connectivity index (χ2n) is 3.31. The van der Waals surface area contributed by atoms with Crippen molar-refractivity contribution in [3.8, 4) is 0 Å². The molecule has 0 saturated heterocycles. The first-order chi connectivity index (χ1) is 6.61. The van der Waals surface area contributed by atoms with Gasteiger partial charge in [0.05, 0.1) is 6.54 Å². The van der Waals surface area contributed by atoms with E-state index in [0.717, 1.165) is 26.1 Å². The molecule has 6 heteroatoms. The third kappa shape index (κ3) is 2.88. The van der Waals surface area contributed by atoms with Crippen molar-refractivity contribution in [2.75, 3.05) is 19.6 Å². The molecule has 6 nitrogen and oxygen atoms in total. The number of aliphatic imine (C=N–C) groups is 1. The number of rotatable bonds is 5. The number of hydrogen-bond donors (Lipinski definition) is 3. The minimum absolute atomic E-state index is 0.471. The molecule has 0 aromatic carbocycles. The van der Waals surface area contributed by atoms with Crippen molar-refractivity contribution in [2.45, 2.75) is 18.9 Å². The van der Waals surface area contributed by atoms with E-state index in [1.54, 1.807) is 0 Å². The maximum Gasteiger partial charge on any atom is 0.320 e. The molecule has 5 N–H and O–H groups in total. The van der Waals surface area contributed by atoms with Gasteiger partial charge in [-0.15, -0.1) is 0 Å². The average Bonchev–Trinajstić information content (AvgIpc) is 2.51. The van der Waals surface area contributed by atoms with E-state index in [-0.39, 0.29) is 0 Å². The maximum absolute atomic E-state index is 10.4. The Bertz CT molecular complexity index is 241. The molecule has 0 bridgehead atoms. The van der Waals surface area contributed by atoms with Crippen LogP contribution in [0.2, 0.25) is 0 Å². The summed E-state index contributed by atoms with van der Waals surface area (Å²) in [5.41, 5.74) is 10.9. The number of hydrogen-bond acceptors (Lipinski definition) is 5. The van der Waals surface area contributed by atoms with Crippen LogP contribution >= 0.6 is 0 Å². The Balaban J connectivity index is 2.15. The number of carboxylic acids is 1. The number of carboxylic acid groups (broad SMARTS) is 1. The summed E-state index contributed by atoms with van der Waals surface area (Å²) in [4.78, 5) is 16.4. The molecule has 1 rings (SSSR count). The van der Waals surface area contributed by atoms with E-state index in [0.29, 0.717) is 12.4 Å². The van der Waals surface area contributed by atoms with Crippen molar-refractivity contribution < 1.29 is 9.90 Å². The lowest BCUT2D eigenvalue weighted by atomic mass is 10.1. The second kappa shape index (κ2) is 4.80. The number of carbonyl (C=O) groups is 1. The Morgan fingerprint density at radius 1 is 1.71 bits per heavy atom. The summed E-state index contributed by atoms with van der Waals surface area (Å²) in [5, 5.41) is 8.54. The fourth-order valence-corrected chi connectivity index (χ4v) is 1.35. The van der Waals surface area contributed by atoms with Gasteiger partial charge in [-0.2, -0.15) is 0 Å². The van der Waals surface area contributed by atoms with Gasteiger partial charge in [-0.3, -0.25) is 9.79 Å². The monoisotopic (exact) mass is 200 g/mol. The maximum atomic E-state index is 10.4. The van der Waals surface area contributed by atoms with E-state index >= 15 is 0 Å².